The standard InChI is InChI=1S/C22H29ClN2S/c1-5-22(11-8-12-24-4)15-25(26-20-10-7-6-9-19(20)23)21-17(3)13-16(2)14-18(21)22/h6-7,9-10,13-14,24H,5,8,11-12,15H2,1-4H3. The molecule has 0 saturated carbocycles. The SMILES string of the molecule is CCC1(CCCNC)CN(Sc2ccccc2Cl)c2c(C)cc(C)cc21. The van der Waals surface area contributed by atoms with Crippen molar-refractivity contribution >= 4 is 29.2 Å². The van der Waals surface area contributed by atoms with Gasteiger partial charge in [0.2, 0.25) is 0 Å². The highest BCUT2D eigenvalue weighted by molar-refractivity contribution is 8.00. The zero-order valence-electron chi connectivity index (χ0n) is 16.2. The molecule has 0 radical (unpaired) electrons. The molecule has 0 aromatic heterocycles. The van der Waals surface area contributed by atoms with Crippen LogP contribution in [0.5, 0.6) is 0 Å². The first-order valence-corrected chi connectivity index (χ1v) is 10.6. The van der Waals surface area contributed by atoms with E-state index >= 15 is 0 Å². The van der Waals surface area contributed by atoms with Crippen LogP contribution in [0.4, 0.5) is 5.69 Å². The Kier molecular flexibility index (Phi) is 6.21. The van der Waals surface area contributed by atoms with Crippen LogP contribution in [-0.2, 0) is 5.41 Å². The van der Waals surface area contributed by atoms with Gasteiger partial charge in [-0.2, -0.15) is 0 Å². The van der Waals surface area contributed by atoms with E-state index in [1.165, 1.54) is 35.2 Å². The molecule has 1 unspecified atom stereocenters. The summed E-state index contributed by atoms with van der Waals surface area (Å²) >= 11 is 8.23. The van der Waals surface area contributed by atoms with Crippen molar-refractivity contribution in [2.45, 2.75) is 50.3 Å². The smallest absolute Gasteiger partial charge is 0.0559 e. The summed E-state index contributed by atoms with van der Waals surface area (Å²) in [7, 11) is 2.04. The summed E-state index contributed by atoms with van der Waals surface area (Å²) in [5, 5.41) is 4.13. The van der Waals surface area contributed by atoms with Crippen molar-refractivity contribution in [3.05, 3.63) is 58.1 Å². The second kappa shape index (κ2) is 8.24. The highest BCUT2D eigenvalue weighted by atomic mass is 35.5. The van der Waals surface area contributed by atoms with Crippen LogP contribution < -0.4 is 9.62 Å². The van der Waals surface area contributed by atoms with Crippen molar-refractivity contribution < 1.29 is 0 Å². The van der Waals surface area contributed by atoms with Crippen LogP contribution in [0, 0.1) is 13.8 Å². The van der Waals surface area contributed by atoms with E-state index < -0.39 is 0 Å². The van der Waals surface area contributed by atoms with Crippen LogP contribution >= 0.6 is 23.5 Å². The van der Waals surface area contributed by atoms with Gasteiger partial charge < -0.3 is 9.62 Å². The quantitative estimate of drug-likeness (QED) is 0.453. The van der Waals surface area contributed by atoms with Gasteiger partial charge in [0.15, 0.2) is 0 Å². The van der Waals surface area contributed by atoms with Gasteiger partial charge in [-0.25, -0.2) is 0 Å². The molecule has 1 aliphatic rings. The van der Waals surface area contributed by atoms with Crippen LogP contribution in [0.1, 0.15) is 42.9 Å². The number of nitrogens with one attached hydrogen (secondary N) is 1. The second-order valence-electron chi connectivity index (χ2n) is 7.38. The maximum absolute atomic E-state index is 6.45. The first-order chi connectivity index (χ1) is 12.5. The molecule has 1 N–H and O–H groups in total. The molecule has 3 rings (SSSR count). The van der Waals surface area contributed by atoms with E-state index in [2.05, 4.69) is 54.7 Å². The lowest BCUT2D eigenvalue weighted by molar-refractivity contribution is 0.397. The third kappa shape index (κ3) is 3.76. The van der Waals surface area contributed by atoms with E-state index in [1.807, 2.05) is 19.2 Å². The lowest BCUT2D eigenvalue weighted by atomic mass is 9.75. The van der Waals surface area contributed by atoms with E-state index in [9.17, 15) is 0 Å². The minimum atomic E-state index is 0.219. The molecule has 1 atom stereocenters. The van der Waals surface area contributed by atoms with E-state index in [0.29, 0.717) is 0 Å². The molecule has 2 aromatic carbocycles. The Morgan fingerprint density at radius 2 is 2.00 bits per heavy atom. The predicted octanol–water partition coefficient (Wildman–Crippen LogP) is 6.13. The molecule has 1 heterocycles. The van der Waals surface area contributed by atoms with E-state index in [1.54, 1.807) is 11.9 Å². The molecule has 0 amide bonds. The summed E-state index contributed by atoms with van der Waals surface area (Å²) in [4.78, 5) is 1.13. The Labute approximate surface area is 167 Å². The molecule has 140 valence electrons. The maximum atomic E-state index is 6.45. The fourth-order valence-electron chi connectivity index (χ4n) is 4.15. The molecule has 0 saturated heterocycles. The normalized spacial score (nSPS) is 19.0. The lowest BCUT2D eigenvalue weighted by Crippen LogP contribution is -2.31. The largest absolute Gasteiger partial charge is 0.320 e. The van der Waals surface area contributed by atoms with Crippen LogP contribution in [0.2, 0.25) is 5.02 Å². The zero-order chi connectivity index (χ0) is 18.7. The van der Waals surface area contributed by atoms with Crippen LogP contribution in [0.15, 0.2) is 41.3 Å². The van der Waals surface area contributed by atoms with Crippen molar-refractivity contribution in [1.82, 2.24) is 5.32 Å². The monoisotopic (exact) mass is 388 g/mol. The number of hydrogen-bond acceptors (Lipinski definition) is 3. The van der Waals surface area contributed by atoms with E-state index in [0.717, 1.165) is 29.4 Å². The Hall–Kier alpha value is -1.16. The molecule has 2 aromatic rings. The summed E-state index contributed by atoms with van der Waals surface area (Å²) in [6.45, 7) is 8.91. The first kappa shape index (κ1) is 19.6. The molecule has 26 heavy (non-hydrogen) atoms. The number of fused-ring (bicyclic) bond motifs is 1. The molecule has 2 nitrogen and oxygen atoms in total. The second-order valence-corrected chi connectivity index (χ2v) is 8.85. The average Bonchev–Trinajstić information content (AvgIpc) is 2.91. The Balaban J connectivity index is 2.00. The van der Waals surface area contributed by atoms with Crippen LogP contribution in [0.3, 0.4) is 0 Å². The van der Waals surface area contributed by atoms with Gasteiger partial charge >= 0.3 is 0 Å². The van der Waals surface area contributed by atoms with Crippen molar-refractivity contribution in [2.24, 2.45) is 0 Å². The highest BCUT2D eigenvalue weighted by Gasteiger charge is 2.42. The number of benzene rings is 2. The fraction of sp³-hybridized carbons (Fsp3) is 0.455. The molecular weight excluding hydrogens is 360 g/mol. The molecular formula is C22H29ClN2S. The molecule has 0 aliphatic carbocycles. The summed E-state index contributed by atoms with van der Waals surface area (Å²) in [5.74, 6) is 0. The van der Waals surface area contributed by atoms with Gasteiger partial charge in [-0.05, 0) is 81.9 Å². The number of aryl methyl sites for hydroxylation is 2. The number of rotatable bonds is 7. The molecule has 0 fully saturated rings. The molecule has 4 heteroatoms. The van der Waals surface area contributed by atoms with Gasteiger partial charge in [-0.3, -0.25) is 0 Å². The third-order valence-corrected chi connectivity index (χ3v) is 7.04. The highest BCUT2D eigenvalue weighted by Crippen LogP contribution is 2.51. The summed E-state index contributed by atoms with van der Waals surface area (Å²) in [5.41, 5.74) is 5.86. The van der Waals surface area contributed by atoms with Gasteiger partial charge in [0.1, 0.15) is 0 Å². The predicted molar refractivity (Wildman–Crippen MR) is 116 cm³/mol. The summed E-state index contributed by atoms with van der Waals surface area (Å²) in [6.07, 6.45) is 3.56. The topological polar surface area (TPSA) is 15.3 Å². The van der Waals surface area contributed by atoms with Gasteiger partial charge in [0, 0.05) is 16.9 Å². The van der Waals surface area contributed by atoms with Crippen LogP contribution in [-0.4, -0.2) is 20.1 Å². The minimum Gasteiger partial charge on any atom is -0.320 e. The van der Waals surface area contributed by atoms with Gasteiger partial charge in [-0.1, -0.05) is 48.4 Å². The van der Waals surface area contributed by atoms with Crippen LogP contribution in [0.25, 0.3) is 0 Å². The molecule has 0 bridgehead atoms. The van der Waals surface area contributed by atoms with E-state index in [-0.39, 0.29) is 5.41 Å². The number of nitrogens with zero attached hydrogens (tertiary/aromatic N) is 1. The Bertz CT molecular complexity index is 777. The summed E-state index contributed by atoms with van der Waals surface area (Å²) in [6, 6.07) is 12.9. The number of halogens is 1. The van der Waals surface area contributed by atoms with Gasteiger partial charge in [-0.15, -0.1) is 0 Å². The minimum absolute atomic E-state index is 0.219. The Morgan fingerprint density at radius 3 is 2.69 bits per heavy atom. The first-order valence-electron chi connectivity index (χ1n) is 9.47. The Morgan fingerprint density at radius 1 is 1.23 bits per heavy atom. The number of hydrogen-bond donors (Lipinski definition) is 1. The van der Waals surface area contributed by atoms with Crippen molar-refractivity contribution in [3.63, 3.8) is 0 Å². The van der Waals surface area contributed by atoms with Crippen molar-refractivity contribution in [2.75, 3.05) is 24.4 Å². The third-order valence-electron chi connectivity index (χ3n) is 5.52. The number of anilines is 1. The van der Waals surface area contributed by atoms with E-state index in [4.69, 9.17) is 11.6 Å². The van der Waals surface area contributed by atoms with Gasteiger partial charge in [0.25, 0.3) is 0 Å². The molecule has 1 aliphatic heterocycles. The maximum Gasteiger partial charge on any atom is 0.0559 e. The average molecular weight is 389 g/mol. The summed E-state index contributed by atoms with van der Waals surface area (Å²) < 4.78 is 2.48. The fourth-order valence-corrected chi connectivity index (χ4v) is 5.56. The van der Waals surface area contributed by atoms with Gasteiger partial charge in [0.05, 0.1) is 10.7 Å². The molecule has 0 spiro atoms. The van der Waals surface area contributed by atoms with Crippen molar-refractivity contribution in [1.29, 1.82) is 0 Å². The van der Waals surface area contributed by atoms with Crippen molar-refractivity contribution in [3.8, 4) is 0 Å². The lowest BCUT2D eigenvalue weighted by Gasteiger charge is -2.29. The zero-order valence-corrected chi connectivity index (χ0v) is 17.8.